The molecular weight excluding hydrogens is 172 g/mol. The van der Waals surface area contributed by atoms with Gasteiger partial charge in [-0.15, -0.1) is 0 Å². The summed E-state index contributed by atoms with van der Waals surface area (Å²) in [6.45, 7) is 3.92. The fourth-order valence-corrected chi connectivity index (χ4v) is 1.05. The molecule has 14 heavy (non-hydrogen) atoms. The molecule has 0 aromatic carbocycles. The van der Waals surface area contributed by atoms with E-state index in [4.69, 9.17) is 5.73 Å². The van der Waals surface area contributed by atoms with Gasteiger partial charge in [-0.25, -0.2) is 0 Å². The molecule has 2 heteroatoms. The number of hydrogen-bond acceptors (Lipinski definition) is 2. The van der Waals surface area contributed by atoms with Crippen molar-refractivity contribution in [2.24, 2.45) is 5.73 Å². The van der Waals surface area contributed by atoms with Crippen LogP contribution < -0.4 is 5.73 Å². The monoisotopic (exact) mass is 186 g/mol. The zero-order chi connectivity index (χ0) is 10.2. The largest absolute Gasteiger partial charge is 0.405 e. The van der Waals surface area contributed by atoms with Crippen LogP contribution >= 0.6 is 0 Å². The van der Waals surface area contributed by atoms with Gasteiger partial charge in [-0.2, -0.15) is 0 Å². The maximum absolute atomic E-state index is 5.19. The number of allylic oxidation sites excluding steroid dienone is 4. The fourth-order valence-electron chi connectivity index (χ4n) is 1.05. The lowest BCUT2D eigenvalue weighted by atomic mass is 10.1. The standard InChI is InChI=1S/C12H14N2/c1-11(6-2-4-8-13)10-12-7-3-5-9-14-12/h2-9H,1,10,13H2/b6-2-,8-4-. The normalized spacial score (nSPS) is 11.1. The Morgan fingerprint density at radius 1 is 1.43 bits per heavy atom. The van der Waals surface area contributed by atoms with Crippen LogP contribution in [0.25, 0.3) is 0 Å². The van der Waals surface area contributed by atoms with Crippen molar-refractivity contribution in [3.8, 4) is 0 Å². The molecule has 72 valence electrons. The molecule has 0 fully saturated rings. The van der Waals surface area contributed by atoms with Crippen molar-refractivity contribution in [1.82, 2.24) is 4.98 Å². The minimum atomic E-state index is 0.774. The van der Waals surface area contributed by atoms with Crippen molar-refractivity contribution >= 4 is 0 Å². The molecule has 0 aliphatic carbocycles. The molecule has 0 spiro atoms. The lowest BCUT2D eigenvalue weighted by Gasteiger charge is -1.98. The number of rotatable bonds is 4. The highest BCUT2D eigenvalue weighted by molar-refractivity contribution is 5.24. The van der Waals surface area contributed by atoms with Crippen LogP contribution in [0.5, 0.6) is 0 Å². The number of hydrogen-bond donors (Lipinski definition) is 1. The van der Waals surface area contributed by atoms with E-state index in [2.05, 4.69) is 11.6 Å². The van der Waals surface area contributed by atoms with Gasteiger partial charge in [0.2, 0.25) is 0 Å². The molecule has 0 saturated heterocycles. The van der Waals surface area contributed by atoms with Gasteiger partial charge >= 0.3 is 0 Å². The van der Waals surface area contributed by atoms with Crippen LogP contribution in [-0.4, -0.2) is 4.98 Å². The molecule has 0 amide bonds. The topological polar surface area (TPSA) is 38.9 Å². The highest BCUT2D eigenvalue weighted by atomic mass is 14.7. The van der Waals surface area contributed by atoms with E-state index in [-0.39, 0.29) is 0 Å². The highest BCUT2D eigenvalue weighted by Crippen LogP contribution is 2.04. The van der Waals surface area contributed by atoms with Gasteiger partial charge in [-0.1, -0.05) is 24.8 Å². The van der Waals surface area contributed by atoms with E-state index in [1.54, 1.807) is 12.3 Å². The smallest absolute Gasteiger partial charge is 0.0447 e. The minimum Gasteiger partial charge on any atom is -0.405 e. The Kier molecular flexibility index (Phi) is 4.21. The van der Waals surface area contributed by atoms with Crippen molar-refractivity contribution in [3.05, 3.63) is 66.7 Å². The number of nitrogens with two attached hydrogens (primary N) is 1. The van der Waals surface area contributed by atoms with Crippen LogP contribution in [0.4, 0.5) is 0 Å². The first kappa shape index (κ1) is 10.3. The van der Waals surface area contributed by atoms with E-state index >= 15 is 0 Å². The molecule has 0 atom stereocenters. The van der Waals surface area contributed by atoms with Gasteiger partial charge < -0.3 is 5.73 Å². The second kappa shape index (κ2) is 5.75. The van der Waals surface area contributed by atoms with E-state index in [0.29, 0.717) is 0 Å². The summed E-state index contributed by atoms with van der Waals surface area (Å²) in [5.41, 5.74) is 7.24. The lowest BCUT2D eigenvalue weighted by molar-refractivity contribution is 1.08. The maximum atomic E-state index is 5.19. The van der Waals surface area contributed by atoms with Gasteiger partial charge in [0.15, 0.2) is 0 Å². The molecule has 1 aromatic heterocycles. The van der Waals surface area contributed by atoms with Crippen LogP contribution in [-0.2, 0) is 6.42 Å². The van der Waals surface area contributed by atoms with Crippen molar-refractivity contribution in [2.45, 2.75) is 6.42 Å². The van der Waals surface area contributed by atoms with Crippen molar-refractivity contribution in [2.75, 3.05) is 0 Å². The third kappa shape index (κ3) is 3.72. The Bertz CT molecular complexity index is 337. The summed E-state index contributed by atoms with van der Waals surface area (Å²) < 4.78 is 0. The maximum Gasteiger partial charge on any atom is 0.0447 e. The van der Waals surface area contributed by atoms with Crippen LogP contribution in [0.2, 0.25) is 0 Å². The van der Waals surface area contributed by atoms with Crippen LogP contribution in [0.15, 0.2) is 61.0 Å². The molecule has 2 N–H and O–H groups in total. The predicted molar refractivity (Wildman–Crippen MR) is 59.5 cm³/mol. The average molecular weight is 186 g/mol. The highest BCUT2D eigenvalue weighted by Gasteiger charge is 1.93. The average Bonchev–Trinajstić information content (AvgIpc) is 2.20. The fraction of sp³-hybridized carbons (Fsp3) is 0.0833. The Hall–Kier alpha value is -1.83. The summed E-state index contributed by atoms with van der Waals surface area (Å²) in [6.07, 6.45) is 9.61. The van der Waals surface area contributed by atoms with E-state index in [0.717, 1.165) is 17.7 Å². The van der Waals surface area contributed by atoms with Gasteiger partial charge in [0.1, 0.15) is 0 Å². The Morgan fingerprint density at radius 3 is 2.93 bits per heavy atom. The van der Waals surface area contributed by atoms with Gasteiger partial charge in [0.05, 0.1) is 0 Å². The summed E-state index contributed by atoms with van der Waals surface area (Å²) in [5, 5.41) is 0. The molecule has 0 bridgehead atoms. The second-order valence-corrected chi connectivity index (χ2v) is 2.90. The molecule has 2 nitrogen and oxygen atoms in total. The molecule has 0 aliphatic rings. The lowest BCUT2D eigenvalue weighted by Crippen LogP contribution is -1.89. The number of nitrogens with zero attached hydrogens (tertiary/aromatic N) is 1. The number of aromatic nitrogens is 1. The van der Waals surface area contributed by atoms with Crippen molar-refractivity contribution in [3.63, 3.8) is 0 Å². The van der Waals surface area contributed by atoms with E-state index < -0.39 is 0 Å². The Labute approximate surface area is 84.5 Å². The number of pyridine rings is 1. The van der Waals surface area contributed by atoms with E-state index in [9.17, 15) is 0 Å². The van der Waals surface area contributed by atoms with E-state index in [1.807, 2.05) is 30.4 Å². The molecule has 1 heterocycles. The third-order valence-electron chi connectivity index (χ3n) is 1.69. The molecule has 1 rings (SSSR count). The second-order valence-electron chi connectivity index (χ2n) is 2.90. The Balaban J connectivity index is 2.50. The molecular formula is C12H14N2. The van der Waals surface area contributed by atoms with Gasteiger partial charge in [0.25, 0.3) is 0 Å². The summed E-state index contributed by atoms with van der Waals surface area (Å²) in [7, 11) is 0. The molecule has 0 unspecified atom stereocenters. The molecule has 0 saturated carbocycles. The van der Waals surface area contributed by atoms with Gasteiger partial charge in [0, 0.05) is 18.3 Å². The van der Waals surface area contributed by atoms with E-state index in [1.165, 1.54) is 6.20 Å². The van der Waals surface area contributed by atoms with Crippen molar-refractivity contribution < 1.29 is 0 Å². The molecule has 0 radical (unpaired) electrons. The third-order valence-corrected chi connectivity index (χ3v) is 1.69. The van der Waals surface area contributed by atoms with Crippen LogP contribution in [0, 0.1) is 0 Å². The van der Waals surface area contributed by atoms with Crippen LogP contribution in [0.1, 0.15) is 5.69 Å². The summed E-state index contributed by atoms with van der Waals surface area (Å²) >= 11 is 0. The molecule has 1 aromatic rings. The zero-order valence-electron chi connectivity index (χ0n) is 8.06. The SMILES string of the molecule is C=C(/C=C\C=C/N)Cc1ccccn1. The van der Waals surface area contributed by atoms with Gasteiger partial charge in [-0.3, -0.25) is 4.98 Å². The van der Waals surface area contributed by atoms with Crippen molar-refractivity contribution in [1.29, 1.82) is 0 Å². The minimum absolute atomic E-state index is 0.774. The summed E-state index contributed by atoms with van der Waals surface area (Å²) in [6, 6.07) is 5.86. The van der Waals surface area contributed by atoms with Crippen LogP contribution in [0.3, 0.4) is 0 Å². The Morgan fingerprint density at radius 2 is 2.29 bits per heavy atom. The first-order valence-corrected chi connectivity index (χ1v) is 4.45. The zero-order valence-corrected chi connectivity index (χ0v) is 8.06. The summed E-state index contributed by atoms with van der Waals surface area (Å²) in [4.78, 5) is 4.21. The van der Waals surface area contributed by atoms with Gasteiger partial charge in [-0.05, 0) is 30.0 Å². The summed E-state index contributed by atoms with van der Waals surface area (Å²) in [5.74, 6) is 0. The quantitative estimate of drug-likeness (QED) is 0.732. The molecule has 0 aliphatic heterocycles. The predicted octanol–water partition coefficient (Wildman–Crippen LogP) is 2.21. The first-order chi connectivity index (χ1) is 6.83. The first-order valence-electron chi connectivity index (χ1n) is 4.45.